The third kappa shape index (κ3) is 4.57. The summed E-state index contributed by atoms with van der Waals surface area (Å²) in [5, 5.41) is 2.52. The van der Waals surface area contributed by atoms with Crippen LogP contribution in [0, 0.1) is 0 Å². The van der Waals surface area contributed by atoms with Gasteiger partial charge in [-0.25, -0.2) is 0 Å². The molecule has 0 atom stereocenters. The maximum Gasteiger partial charge on any atom is 0.293 e. The number of amides is 3. The Morgan fingerprint density at radius 2 is 1.81 bits per heavy atom. The Morgan fingerprint density at radius 1 is 1.13 bits per heavy atom. The molecule has 0 aromatic heterocycles. The fourth-order valence-corrected chi connectivity index (χ4v) is 5.46. The highest BCUT2D eigenvalue weighted by Gasteiger charge is 2.40. The quantitative estimate of drug-likeness (QED) is 0.615. The summed E-state index contributed by atoms with van der Waals surface area (Å²) in [6.07, 6.45) is 6.39. The summed E-state index contributed by atoms with van der Waals surface area (Å²) >= 11 is 0.899. The Labute approximate surface area is 185 Å². The lowest BCUT2D eigenvalue weighted by Crippen LogP contribution is -2.43. The average molecular weight is 446 g/mol. The van der Waals surface area contributed by atoms with Crippen LogP contribution in [0.1, 0.15) is 31.2 Å². The molecule has 4 rings (SSSR count). The number of hydrogen-bond donors (Lipinski definition) is 1. The normalized spacial score (nSPS) is 24.3. The SMILES string of the molecule is COc1ccc(C=C2SC(=O)N(CCNC(=O)CN3C4CCC3CC4)C2=O)cc1OC. The number of methoxy groups -OCH3 is 2. The summed E-state index contributed by atoms with van der Waals surface area (Å²) in [5.41, 5.74) is 0.733. The Kier molecular flexibility index (Phi) is 6.52. The molecule has 0 radical (unpaired) electrons. The number of ether oxygens (including phenoxy) is 2. The van der Waals surface area contributed by atoms with E-state index in [1.165, 1.54) is 30.6 Å². The molecule has 9 heteroatoms. The Bertz CT molecular complexity index is 898. The number of fused-ring (bicyclic) bond motifs is 2. The number of benzene rings is 1. The molecule has 2 bridgehead atoms. The van der Waals surface area contributed by atoms with Crippen LogP contribution in [0.5, 0.6) is 11.5 Å². The van der Waals surface area contributed by atoms with E-state index in [9.17, 15) is 14.4 Å². The molecular formula is C22H27N3O5S. The first-order valence-electron chi connectivity index (χ1n) is 10.5. The van der Waals surface area contributed by atoms with Crippen LogP contribution in [-0.2, 0) is 9.59 Å². The highest BCUT2D eigenvalue weighted by atomic mass is 32.2. The molecule has 0 saturated carbocycles. The number of carbonyl (C=O) groups excluding carboxylic acids is 3. The first-order valence-corrected chi connectivity index (χ1v) is 11.3. The molecule has 1 N–H and O–H groups in total. The van der Waals surface area contributed by atoms with Crippen LogP contribution < -0.4 is 14.8 Å². The molecule has 3 aliphatic heterocycles. The molecule has 31 heavy (non-hydrogen) atoms. The molecule has 0 aliphatic carbocycles. The van der Waals surface area contributed by atoms with E-state index in [2.05, 4.69) is 10.2 Å². The van der Waals surface area contributed by atoms with Crippen molar-refractivity contribution in [3.63, 3.8) is 0 Å². The van der Waals surface area contributed by atoms with Crippen LogP contribution in [-0.4, -0.2) is 72.8 Å². The molecule has 3 aliphatic rings. The van der Waals surface area contributed by atoms with Crippen LogP contribution in [0.4, 0.5) is 4.79 Å². The van der Waals surface area contributed by atoms with Crippen LogP contribution in [0.2, 0.25) is 0 Å². The lowest BCUT2D eigenvalue weighted by atomic mass is 10.0. The number of hydrogen-bond acceptors (Lipinski definition) is 7. The van der Waals surface area contributed by atoms with Gasteiger partial charge in [0.2, 0.25) is 5.91 Å². The standard InChI is InChI=1S/C22H27N3O5S/c1-29-17-8-3-14(11-18(17)30-2)12-19-21(27)24(22(28)31-19)10-9-23-20(26)13-25-15-4-5-16(25)7-6-15/h3,8,11-12,15-16H,4-7,9-10,13H2,1-2H3,(H,23,26). The highest BCUT2D eigenvalue weighted by Crippen LogP contribution is 2.37. The monoisotopic (exact) mass is 445 g/mol. The van der Waals surface area contributed by atoms with Crippen LogP contribution in [0.3, 0.4) is 0 Å². The molecule has 3 heterocycles. The van der Waals surface area contributed by atoms with Gasteiger partial charge >= 0.3 is 0 Å². The summed E-state index contributed by atoms with van der Waals surface area (Å²) in [7, 11) is 3.09. The largest absolute Gasteiger partial charge is 0.493 e. The van der Waals surface area contributed by atoms with Crippen molar-refractivity contribution in [3.05, 3.63) is 28.7 Å². The molecule has 1 aromatic rings. The summed E-state index contributed by atoms with van der Waals surface area (Å²) in [6, 6.07) is 6.37. The topological polar surface area (TPSA) is 88.2 Å². The van der Waals surface area contributed by atoms with Crippen molar-refractivity contribution in [2.75, 3.05) is 33.9 Å². The van der Waals surface area contributed by atoms with Gasteiger partial charge in [0.1, 0.15) is 0 Å². The van der Waals surface area contributed by atoms with Crippen LogP contribution in [0.25, 0.3) is 6.08 Å². The van der Waals surface area contributed by atoms with Crippen molar-refractivity contribution in [3.8, 4) is 11.5 Å². The van der Waals surface area contributed by atoms with Crippen molar-refractivity contribution in [2.24, 2.45) is 0 Å². The molecule has 0 unspecified atom stereocenters. The first kappa shape index (κ1) is 21.7. The summed E-state index contributed by atoms with van der Waals surface area (Å²) in [4.78, 5) is 41.1. The van der Waals surface area contributed by atoms with E-state index in [-0.39, 0.29) is 30.1 Å². The third-order valence-corrected chi connectivity index (χ3v) is 7.07. The van der Waals surface area contributed by atoms with Gasteiger partial charge in [0.15, 0.2) is 11.5 Å². The lowest BCUT2D eigenvalue weighted by Gasteiger charge is -2.21. The molecule has 3 amide bonds. The van der Waals surface area contributed by atoms with E-state index in [1.807, 2.05) is 0 Å². The first-order chi connectivity index (χ1) is 15.0. The van der Waals surface area contributed by atoms with Gasteiger partial charge in [-0.1, -0.05) is 6.07 Å². The van der Waals surface area contributed by atoms with Gasteiger partial charge < -0.3 is 14.8 Å². The van der Waals surface area contributed by atoms with Gasteiger partial charge in [0, 0.05) is 25.2 Å². The molecule has 0 spiro atoms. The smallest absolute Gasteiger partial charge is 0.293 e. The molecule has 8 nitrogen and oxygen atoms in total. The van der Waals surface area contributed by atoms with Crippen molar-refractivity contribution >= 4 is 34.9 Å². The molecular weight excluding hydrogens is 418 g/mol. The number of carbonyl (C=O) groups is 3. The van der Waals surface area contributed by atoms with E-state index in [0.29, 0.717) is 35.0 Å². The second kappa shape index (κ2) is 9.32. The highest BCUT2D eigenvalue weighted by molar-refractivity contribution is 8.18. The van der Waals surface area contributed by atoms with Gasteiger partial charge in [-0.2, -0.15) is 0 Å². The minimum absolute atomic E-state index is 0.0494. The minimum Gasteiger partial charge on any atom is -0.493 e. The predicted molar refractivity (Wildman–Crippen MR) is 118 cm³/mol. The summed E-state index contributed by atoms with van der Waals surface area (Å²) in [5.74, 6) is 0.735. The van der Waals surface area contributed by atoms with Crippen molar-refractivity contribution < 1.29 is 23.9 Å². The van der Waals surface area contributed by atoms with Gasteiger partial charge in [0.05, 0.1) is 25.7 Å². The maximum atomic E-state index is 12.7. The third-order valence-electron chi connectivity index (χ3n) is 6.17. The Morgan fingerprint density at radius 3 is 2.45 bits per heavy atom. The second-order valence-corrected chi connectivity index (χ2v) is 8.93. The second-order valence-electron chi connectivity index (χ2n) is 7.93. The lowest BCUT2D eigenvalue weighted by molar-refractivity contribution is -0.125. The summed E-state index contributed by atoms with van der Waals surface area (Å²) in [6.45, 7) is 0.812. The fourth-order valence-electron chi connectivity index (χ4n) is 4.59. The molecule has 1 aromatic carbocycles. The zero-order chi connectivity index (χ0) is 22.0. The molecule has 3 fully saturated rings. The van der Waals surface area contributed by atoms with Crippen molar-refractivity contribution in [1.82, 2.24) is 15.1 Å². The van der Waals surface area contributed by atoms with E-state index in [0.717, 1.165) is 17.3 Å². The fraction of sp³-hybridized carbons (Fsp3) is 0.500. The number of imide groups is 1. The maximum absolute atomic E-state index is 12.7. The van der Waals surface area contributed by atoms with E-state index < -0.39 is 0 Å². The van der Waals surface area contributed by atoms with E-state index >= 15 is 0 Å². The van der Waals surface area contributed by atoms with Gasteiger partial charge in [-0.3, -0.25) is 24.2 Å². The number of rotatable bonds is 8. The zero-order valence-electron chi connectivity index (χ0n) is 17.8. The minimum atomic E-state index is -0.350. The zero-order valence-corrected chi connectivity index (χ0v) is 18.6. The van der Waals surface area contributed by atoms with Crippen LogP contribution >= 0.6 is 11.8 Å². The number of nitrogens with zero attached hydrogens (tertiary/aromatic N) is 2. The van der Waals surface area contributed by atoms with Gasteiger partial charge in [-0.15, -0.1) is 0 Å². The number of nitrogens with one attached hydrogen (secondary N) is 1. The Balaban J connectivity index is 1.31. The van der Waals surface area contributed by atoms with Gasteiger partial charge in [0.25, 0.3) is 11.1 Å². The summed E-state index contributed by atoms with van der Waals surface area (Å²) < 4.78 is 10.5. The van der Waals surface area contributed by atoms with E-state index in [1.54, 1.807) is 38.5 Å². The predicted octanol–water partition coefficient (Wildman–Crippen LogP) is 2.48. The average Bonchev–Trinajstić information content (AvgIpc) is 3.42. The van der Waals surface area contributed by atoms with Crippen molar-refractivity contribution in [1.29, 1.82) is 0 Å². The van der Waals surface area contributed by atoms with Gasteiger partial charge in [-0.05, 0) is 61.2 Å². The van der Waals surface area contributed by atoms with E-state index in [4.69, 9.17) is 9.47 Å². The molecule has 3 saturated heterocycles. The number of thioether (sulfide) groups is 1. The van der Waals surface area contributed by atoms with Crippen molar-refractivity contribution in [2.45, 2.75) is 37.8 Å². The molecule has 166 valence electrons. The van der Waals surface area contributed by atoms with Crippen LogP contribution in [0.15, 0.2) is 23.1 Å². The Hall–Kier alpha value is -2.52.